The van der Waals surface area contributed by atoms with Crippen molar-refractivity contribution in [2.75, 3.05) is 0 Å². The minimum absolute atomic E-state index is 0.163. The highest BCUT2D eigenvalue weighted by Gasteiger charge is 2.06. The number of hydrogen-bond acceptors (Lipinski definition) is 3. The topological polar surface area (TPSA) is 49.0 Å². The van der Waals surface area contributed by atoms with Crippen molar-refractivity contribution in [2.45, 2.75) is 19.5 Å². The molecule has 1 aromatic carbocycles. The minimum Gasteiger partial charge on any atom is -0.468 e. The Morgan fingerprint density at radius 2 is 2.24 bits per heavy atom. The zero-order valence-electron chi connectivity index (χ0n) is 9.68. The molecule has 0 fully saturated rings. The van der Waals surface area contributed by atoms with Gasteiger partial charge in [-0.05, 0) is 36.8 Å². The van der Waals surface area contributed by atoms with Crippen LogP contribution in [0.1, 0.15) is 29.9 Å². The molecule has 0 bridgehead atoms. The summed E-state index contributed by atoms with van der Waals surface area (Å²) in [7, 11) is 0. The lowest BCUT2D eigenvalue weighted by atomic mass is 10.1. The van der Waals surface area contributed by atoms with Gasteiger partial charge in [0, 0.05) is 6.54 Å². The molecule has 0 spiro atoms. The molecule has 0 aliphatic heterocycles. The molecule has 0 radical (unpaired) electrons. The van der Waals surface area contributed by atoms with Crippen LogP contribution in [0.25, 0.3) is 0 Å². The summed E-state index contributed by atoms with van der Waals surface area (Å²) in [5.74, 6) is 0.918. The predicted molar refractivity (Wildman–Crippen MR) is 65.1 cm³/mol. The summed E-state index contributed by atoms with van der Waals surface area (Å²) in [5.41, 5.74) is 1.79. The third kappa shape index (κ3) is 2.96. The van der Waals surface area contributed by atoms with Crippen molar-refractivity contribution in [2.24, 2.45) is 0 Å². The summed E-state index contributed by atoms with van der Waals surface area (Å²) >= 11 is 0. The summed E-state index contributed by atoms with van der Waals surface area (Å²) in [6, 6.07) is 13.7. The highest BCUT2D eigenvalue weighted by atomic mass is 16.3. The highest BCUT2D eigenvalue weighted by molar-refractivity contribution is 5.32. The van der Waals surface area contributed by atoms with Crippen molar-refractivity contribution in [1.82, 2.24) is 5.32 Å². The van der Waals surface area contributed by atoms with E-state index in [0.717, 1.165) is 17.9 Å². The molecule has 0 aliphatic carbocycles. The van der Waals surface area contributed by atoms with E-state index in [1.807, 2.05) is 37.3 Å². The van der Waals surface area contributed by atoms with Crippen LogP contribution in [0.15, 0.2) is 47.1 Å². The molecule has 1 N–H and O–H groups in total. The SMILES string of the molecule is CC(NCc1cccc(C#N)c1)c1ccco1. The summed E-state index contributed by atoms with van der Waals surface area (Å²) in [6.07, 6.45) is 1.67. The lowest BCUT2D eigenvalue weighted by Crippen LogP contribution is -2.17. The van der Waals surface area contributed by atoms with Crippen LogP contribution in [0.5, 0.6) is 0 Å². The fourth-order valence-corrected chi connectivity index (χ4v) is 1.66. The molecule has 0 amide bonds. The first-order valence-corrected chi connectivity index (χ1v) is 5.55. The Hall–Kier alpha value is -2.05. The van der Waals surface area contributed by atoms with Gasteiger partial charge in [-0.2, -0.15) is 5.26 Å². The van der Waals surface area contributed by atoms with Gasteiger partial charge in [-0.15, -0.1) is 0 Å². The molecular formula is C14H14N2O. The second-order valence-electron chi connectivity index (χ2n) is 3.93. The molecule has 86 valence electrons. The Morgan fingerprint density at radius 1 is 1.35 bits per heavy atom. The molecule has 17 heavy (non-hydrogen) atoms. The van der Waals surface area contributed by atoms with Crippen LogP contribution in [-0.2, 0) is 6.54 Å². The first-order valence-electron chi connectivity index (χ1n) is 5.55. The third-order valence-corrected chi connectivity index (χ3v) is 2.64. The first-order chi connectivity index (χ1) is 8.29. The lowest BCUT2D eigenvalue weighted by molar-refractivity contribution is 0.430. The van der Waals surface area contributed by atoms with Gasteiger partial charge in [0.15, 0.2) is 0 Å². The smallest absolute Gasteiger partial charge is 0.120 e. The Labute approximate surface area is 101 Å². The number of nitrogens with one attached hydrogen (secondary N) is 1. The van der Waals surface area contributed by atoms with Gasteiger partial charge >= 0.3 is 0 Å². The summed E-state index contributed by atoms with van der Waals surface area (Å²) < 4.78 is 5.31. The van der Waals surface area contributed by atoms with E-state index in [4.69, 9.17) is 9.68 Å². The van der Waals surface area contributed by atoms with Crippen LogP contribution in [-0.4, -0.2) is 0 Å². The van der Waals surface area contributed by atoms with E-state index in [9.17, 15) is 0 Å². The number of furan rings is 1. The van der Waals surface area contributed by atoms with Crippen molar-refractivity contribution in [3.05, 3.63) is 59.5 Å². The molecule has 2 rings (SSSR count). The maximum absolute atomic E-state index is 8.80. The molecule has 1 unspecified atom stereocenters. The highest BCUT2D eigenvalue weighted by Crippen LogP contribution is 2.13. The van der Waals surface area contributed by atoms with E-state index in [1.165, 1.54) is 0 Å². The van der Waals surface area contributed by atoms with Crippen LogP contribution in [0.3, 0.4) is 0 Å². The standard InChI is InChI=1S/C14H14N2O/c1-11(14-6-3-7-17-14)16-10-13-5-2-4-12(8-13)9-15/h2-8,11,16H,10H2,1H3. The minimum atomic E-state index is 0.163. The molecule has 1 heterocycles. The van der Waals surface area contributed by atoms with E-state index >= 15 is 0 Å². The van der Waals surface area contributed by atoms with Gasteiger partial charge in [-0.1, -0.05) is 12.1 Å². The zero-order valence-corrected chi connectivity index (χ0v) is 9.68. The average molecular weight is 226 g/mol. The van der Waals surface area contributed by atoms with E-state index in [0.29, 0.717) is 5.56 Å². The number of benzene rings is 1. The van der Waals surface area contributed by atoms with E-state index in [1.54, 1.807) is 12.3 Å². The Kier molecular flexibility index (Phi) is 3.59. The number of nitriles is 1. The van der Waals surface area contributed by atoms with Crippen molar-refractivity contribution in [3.63, 3.8) is 0 Å². The van der Waals surface area contributed by atoms with E-state index in [2.05, 4.69) is 11.4 Å². The van der Waals surface area contributed by atoms with Crippen molar-refractivity contribution in [1.29, 1.82) is 5.26 Å². The fourth-order valence-electron chi connectivity index (χ4n) is 1.66. The summed E-state index contributed by atoms with van der Waals surface area (Å²) in [6.45, 7) is 2.77. The van der Waals surface area contributed by atoms with Gasteiger partial charge in [-0.25, -0.2) is 0 Å². The number of nitrogens with zero attached hydrogens (tertiary/aromatic N) is 1. The van der Waals surface area contributed by atoms with Crippen LogP contribution < -0.4 is 5.32 Å². The zero-order chi connectivity index (χ0) is 12.1. The monoisotopic (exact) mass is 226 g/mol. The molecule has 3 heteroatoms. The van der Waals surface area contributed by atoms with Gasteiger partial charge in [0.1, 0.15) is 5.76 Å². The van der Waals surface area contributed by atoms with Gasteiger partial charge in [0.05, 0.1) is 23.9 Å². The van der Waals surface area contributed by atoms with Crippen molar-refractivity contribution < 1.29 is 4.42 Å². The van der Waals surface area contributed by atoms with E-state index < -0.39 is 0 Å². The molecule has 0 saturated heterocycles. The summed E-state index contributed by atoms with van der Waals surface area (Å²) in [4.78, 5) is 0. The molecule has 1 atom stereocenters. The second-order valence-corrected chi connectivity index (χ2v) is 3.93. The van der Waals surface area contributed by atoms with Gasteiger partial charge in [0.2, 0.25) is 0 Å². The molecule has 2 aromatic rings. The van der Waals surface area contributed by atoms with Crippen LogP contribution in [0, 0.1) is 11.3 Å². The Balaban J connectivity index is 1.96. The maximum Gasteiger partial charge on any atom is 0.120 e. The maximum atomic E-state index is 8.80. The third-order valence-electron chi connectivity index (χ3n) is 2.64. The quantitative estimate of drug-likeness (QED) is 0.871. The molecule has 0 aliphatic rings. The molecule has 0 saturated carbocycles. The molecule has 3 nitrogen and oxygen atoms in total. The second kappa shape index (κ2) is 5.33. The number of rotatable bonds is 4. The van der Waals surface area contributed by atoms with E-state index in [-0.39, 0.29) is 6.04 Å². The normalized spacial score (nSPS) is 12.0. The first kappa shape index (κ1) is 11.4. The Morgan fingerprint density at radius 3 is 2.94 bits per heavy atom. The van der Waals surface area contributed by atoms with Crippen LogP contribution >= 0.6 is 0 Å². The van der Waals surface area contributed by atoms with Gasteiger partial charge in [-0.3, -0.25) is 0 Å². The Bertz CT molecular complexity index is 511. The van der Waals surface area contributed by atoms with Crippen LogP contribution in [0.4, 0.5) is 0 Å². The lowest BCUT2D eigenvalue weighted by Gasteiger charge is -2.11. The number of hydrogen-bond donors (Lipinski definition) is 1. The molecular weight excluding hydrogens is 212 g/mol. The van der Waals surface area contributed by atoms with Crippen LogP contribution in [0.2, 0.25) is 0 Å². The fraction of sp³-hybridized carbons (Fsp3) is 0.214. The largest absolute Gasteiger partial charge is 0.468 e. The summed E-state index contributed by atoms with van der Waals surface area (Å²) in [5, 5.41) is 12.2. The van der Waals surface area contributed by atoms with Gasteiger partial charge in [0.25, 0.3) is 0 Å². The predicted octanol–water partition coefficient (Wildman–Crippen LogP) is 3.00. The molecule has 1 aromatic heterocycles. The average Bonchev–Trinajstić information content (AvgIpc) is 2.90. The van der Waals surface area contributed by atoms with Crippen molar-refractivity contribution in [3.8, 4) is 6.07 Å². The van der Waals surface area contributed by atoms with Crippen molar-refractivity contribution >= 4 is 0 Å². The van der Waals surface area contributed by atoms with Gasteiger partial charge < -0.3 is 9.73 Å².